The highest BCUT2D eigenvalue weighted by molar-refractivity contribution is 7.92. The van der Waals surface area contributed by atoms with Gasteiger partial charge in [-0.1, -0.05) is 35.7 Å². The van der Waals surface area contributed by atoms with Gasteiger partial charge in [0.1, 0.15) is 6.54 Å². The van der Waals surface area contributed by atoms with E-state index in [1.165, 1.54) is 12.8 Å². The predicted molar refractivity (Wildman–Crippen MR) is 115 cm³/mol. The number of carbonyl (C=O) groups is 1. The molecule has 0 aromatic heterocycles. The number of hydrogen-bond acceptors (Lipinski definition) is 3. The van der Waals surface area contributed by atoms with E-state index in [-0.39, 0.29) is 23.4 Å². The number of sulfonamides is 1. The maximum Gasteiger partial charge on any atom is 0.264 e. The van der Waals surface area contributed by atoms with E-state index in [4.69, 9.17) is 11.6 Å². The largest absolute Gasteiger partial charge is 0.352 e. The number of nitrogens with zero attached hydrogens (tertiary/aromatic N) is 1. The maximum absolute atomic E-state index is 13.3. The first-order chi connectivity index (χ1) is 13.8. The summed E-state index contributed by atoms with van der Waals surface area (Å²) in [7, 11) is -3.89. The first kappa shape index (κ1) is 20.2. The summed E-state index contributed by atoms with van der Waals surface area (Å²) in [6, 6.07) is 13.3. The van der Waals surface area contributed by atoms with Crippen LogP contribution in [-0.2, 0) is 14.8 Å². The fourth-order valence-corrected chi connectivity index (χ4v) is 6.11. The molecule has 7 heteroatoms. The van der Waals surface area contributed by atoms with Gasteiger partial charge in [0.05, 0.1) is 10.6 Å². The zero-order valence-corrected chi connectivity index (χ0v) is 17.9. The summed E-state index contributed by atoms with van der Waals surface area (Å²) in [5.74, 6) is 0.962. The van der Waals surface area contributed by atoms with Gasteiger partial charge >= 0.3 is 0 Å². The minimum atomic E-state index is -3.89. The standard InChI is InChI=1S/C22H25ClN2O3S/c1-15-2-10-20(11-3-15)29(27,28)25(19-8-6-18(23)7-9-19)14-22(26)24-21-13-16-4-5-17(21)12-16/h2-3,6-11,16-17,21H,4-5,12-14H2,1H3,(H,24,26)/t16-,17+,21-/m1/s1. The van der Waals surface area contributed by atoms with Gasteiger partial charge in [-0.05, 0) is 74.4 Å². The van der Waals surface area contributed by atoms with Crippen LogP contribution in [0.2, 0.25) is 5.02 Å². The van der Waals surface area contributed by atoms with E-state index < -0.39 is 10.0 Å². The van der Waals surface area contributed by atoms with Gasteiger partial charge < -0.3 is 5.32 Å². The third-order valence-electron chi connectivity index (χ3n) is 6.10. The smallest absolute Gasteiger partial charge is 0.264 e. The van der Waals surface area contributed by atoms with Crippen LogP contribution in [0.25, 0.3) is 0 Å². The van der Waals surface area contributed by atoms with Gasteiger partial charge in [0, 0.05) is 11.1 Å². The zero-order valence-electron chi connectivity index (χ0n) is 16.3. The van der Waals surface area contributed by atoms with Gasteiger partial charge in [0.15, 0.2) is 0 Å². The monoisotopic (exact) mass is 432 g/mol. The van der Waals surface area contributed by atoms with Crippen molar-refractivity contribution in [1.29, 1.82) is 0 Å². The number of carbonyl (C=O) groups excluding carboxylic acids is 1. The normalized spacial score (nSPS) is 23.2. The molecule has 2 bridgehead atoms. The Balaban J connectivity index is 1.59. The number of rotatable bonds is 6. The third kappa shape index (κ3) is 4.28. The van der Waals surface area contributed by atoms with E-state index in [1.807, 2.05) is 6.92 Å². The molecule has 0 radical (unpaired) electrons. The van der Waals surface area contributed by atoms with Crippen molar-refractivity contribution in [3.63, 3.8) is 0 Å². The van der Waals surface area contributed by atoms with E-state index in [0.717, 1.165) is 22.7 Å². The second kappa shape index (κ2) is 8.00. The molecule has 3 atom stereocenters. The van der Waals surface area contributed by atoms with Gasteiger partial charge in [-0.2, -0.15) is 0 Å². The SMILES string of the molecule is Cc1ccc(S(=O)(=O)N(CC(=O)N[C@@H]2C[C@@H]3CC[C@H]2C3)c2ccc(Cl)cc2)cc1. The van der Waals surface area contributed by atoms with Gasteiger partial charge in [0.2, 0.25) is 5.91 Å². The van der Waals surface area contributed by atoms with Crippen LogP contribution in [0.3, 0.4) is 0 Å². The van der Waals surface area contributed by atoms with Crippen molar-refractivity contribution in [3.8, 4) is 0 Å². The number of benzene rings is 2. The Bertz CT molecular complexity index is 990. The van der Waals surface area contributed by atoms with Crippen LogP contribution in [0, 0.1) is 18.8 Å². The first-order valence-corrected chi connectivity index (χ1v) is 11.8. The van der Waals surface area contributed by atoms with Crippen molar-refractivity contribution in [3.05, 3.63) is 59.1 Å². The zero-order chi connectivity index (χ0) is 20.6. The third-order valence-corrected chi connectivity index (χ3v) is 8.14. The van der Waals surface area contributed by atoms with Crippen LogP contribution >= 0.6 is 11.6 Å². The molecule has 4 rings (SSSR count). The highest BCUT2D eigenvalue weighted by Crippen LogP contribution is 2.44. The highest BCUT2D eigenvalue weighted by atomic mass is 35.5. The lowest BCUT2D eigenvalue weighted by atomic mass is 9.95. The quantitative estimate of drug-likeness (QED) is 0.745. The van der Waals surface area contributed by atoms with Crippen LogP contribution in [0.4, 0.5) is 5.69 Å². The van der Waals surface area contributed by atoms with Crippen LogP contribution < -0.4 is 9.62 Å². The lowest BCUT2D eigenvalue weighted by Crippen LogP contribution is -2.45. The number of anilines is 1. The van der Waals surface area contributed by atoms with Crippen LogP contribution in [0.1, 0.15) is 31.2 Å². The molecule has 2 aliphatic carbocycles. The van der Waals surface area contributed by atoms with Crippen molar-refractivity contribution < 1.29 is 13.2 Å². The lowest BCUT2D eigenvalue weighted by Gasteiger charge is -2.27. The Kier molecular flexibility index (Phi) is 5.58. The minimum absolute atomic E-state index is 0.158. The summed E-state index contributed by atoms with van der Waals surface area (Å²) in [6.07, 6.45) is 4.57. The lowest BCUT2D eigenvalue weighted by molar-refractivity contribution is -0.120. The molecule has 0 spiro atoms. The number of nitrogens with one attached hydrogen (secondary N) is 1. The second-order valence-electron chi connectivity index (χ2n) is 8.15. The van der Waals surface area contributed by atoms with E-state index in [0.29, 0.717) is 22.5 Å². The van der Waals surface area contributed by atoms with Gasteiger partial charge in [-0.15, -0.1) is 0 Å². The predicted octanol–water partition coefficient (Wildman–Crippen LogP) is 4.15. The molecule has 2 aliphatic rings. The molecule has 29 heavy (non-hydrogen) atoms. The summed E-state index contributed by atoms with van der Waals surface area (Å²) in [5.41, 5.74) is 1.38. The van der Waals surface area contributed by atoms with Gasteiger partial charge in [-0.3, -0.25) is 9.10 Å². The molecule has 1 N–H and O–H groups in total. The van der Waals surface area contributed by atoms with Gasteiger partial charge in [-0.25, -0.2) is 8.42 Å². The molecular formula is C22H25ClN2O3S. The second-order valence-corrected chi connectivity index (χ2v) is 10.4. The van der Waals surface area contributed by atoms with E-state index in [2.05, 4.69) is 5.32 Å². The molecule has 5 nitrogen and oxygen atoms in total. The molecule has 0 aliphatic heterocycles. The summed E-state index contributed by atoms with van der Waals surface area (Å²) >= 11 is 5.97. The molecule has 2 saturated carbocycles. The molecule has 154 valence electrons. The Morgan fingerprint density at radius 1 is 1.07 bits per heavy atom. The Labute approximate surface area is 177 Å². The molecule has 0 unspecified atom stereocenters. The van der Waals surface area contributed by atoms with Crippen molar-refractivity contribution in [2.24, 2.45) is 11.8 Å². The number of fused-ring (bicyclic) bond motifs is 2. The van der Waals surface area contributed by atoms with Crippen molar-refractivity contribution in [2.45, 2.75) is 43.5 Å². The number of halogens is 1. The molecule has 1 amide bonds. The van der Waals surface area contributed by atoms with E-state index in [9.17, 15) is 13.2 Å². The molecule has 2 aromatic rings. The topological polar surface area (TPSA) is 66.5 Å². The molecular weight excluding hydrogens is 408 g/mol. The van der Waals surface area contributed by atoms with Gasteiger partial charge in [0.25, 0.3) is 10.0 Å². The minimum Gasteiger partial charge on any atom is -0.352 e. The molecule has 0 saturated heterocycles. The van der Waals surface area contributed by atoms with Crippen molar-refractivity contribution in [1.82, 2.24) is 5.32 Å². The maximum atomic E-state index is 13.3. The van der Waals surface area contributed by atoms with Crippen LogP contribution in [0.15, 0.2) is 53.4 Å². The summed E-state index contributed by atoms with van der Waals surface area (Å²) in [4.78, 5) is 13.0. The fraction of sp³-hybridized carbons (Fsp3) is 0.409. The van der Waals surface area contributed by atoms with Crippen molar-refractivity contribution >= 4 is 33.2 Å². The van der Waals surface area contributed by atoms with E-state index in [1.54, 1.807) is 48.5 Å². The Morgan fingerprint density at radius 2 is 1.76 bits per heavy atom. The average Bonchev–Trinajstić information content (AvgIpc) is 3.30. The molecule has 2 aromatic carbocycles. The summed E-state index contributed by atoms with van der Waals surface area (Å²) < 4.78 is 27.8. The first-order valence-electron chi connectivity index (χ1n) is 9.97. The molecule has 0 heterocycles. The number of hydrogen-bond donors (Lipinski definition) is 1. The highest BCUT2D eigenvalue weighted by Gasteiger charge is 2.40. The number of aryl methyl sites for hydroxylation is 1. The fourth-order valence-electron chi connectivity index (χ4n) is 4.56. The Morgan fingerprint density at radius 3 is 2.34 bits per heavy atom. The van der Waals surface area contributed by atoms with E-state index >= 15 is 0 Å². The average molecular weight is 433 g/mol. The van der Waals surface area contributed by atoms with Crippen molar-refractivity contribution in [2.75, 3.05) is 10.8 Å². The molecule has 2 fully saturated rings. The Hall–Kier alpha value is -2.05. The van der Waals surface area contributed by atoms with Crippen LogP contribution in [0.5, 0.6) is 0 Å². The summed E-state index contributed by atoms with van der Waals surface area (Å²) in [5, 5.41) is 3.59. The number of amides is 1. The summed E-state index contributed by atoms with van der Waals surface area (Å²) in [6.45, 7) is 1.64. The van der Waals surface area contributed by atoms with Crippen LogP contribution in [-0.4, -0.2) is 26.9 Å².